The summed E-state index contributed by atoms with van der Waals surface area (Å²) in [6.45, 7) is -0.334. The van der Waals surface area contributed by atoms with Gasteiger partial charge in [0.2, 0.25) is 0 Å². The first kappa shape index (κ1) is 20.2. The molecule has 146 valence electrons. The Balaban J connectivity index is 1.90. The number of aromatic nitrogens is 1. The molecule has 0 saturated carbocycles. The highest BCUT2D eigenvalue weighted by Gasteiger charge is 2.27. The zero-order chi connectivity index (χ0) is 20.3. The molecular weight excluding hydrogens is 432 g/mol. The molecule has 3 rings (SSSR count). The van der Waals surface area contributed by atoms with Gasteiger partial charge < -0.3 is 5.32 Å². The summed E-state index contributed by atoms with van der Waals surface area (Å²) < 4.78 is 55.6. The number of carbonyl (C=O) groups excluding carboxylic acids is 1. The van der Waals surface area contributed by atoms with Crippen LogP contribution in [0.15, 0.2) is 53.6 Å². The Morgan fingerprint density at radius 3 is 2.50 bits per heavy atom. The zero-order valence-corrected chi connectivity index (χ0v) is 16.3. The van der Waals surface area contributed by atoms with Crippen molar-refractivity contribution in [2.45, 2.75) is 11.4 Å². The van der Waals surface area contributed by atoms with Gasteiger partial charge in [-0.2, -0.15) is 0 Å². The van der Waals surface area contributed by atoms with Crippen molar-refractivity contribution in [3.05, 3.63) is 75.8 Å². The molecule has 1 amide bonds. The number of hydrogen-bond donors (Lipinski definition) is 2. The monoisotopic (exact) mass is 443 g/mol. The summed E-state index contributed by atoms with van der Waals surface area (Å²) in [6.07, 6.45) is 1.22. The van der Waals surface area contributed by atoms with Crippen LogP contribution in [0, 0.1) is 11.6 Å². The van der Waals surface area contributed by atoms with Crippen molar-refractivity contribution in [2.24, 2.45) is 0 Å². The molecule has 0 bridgehead atoms. The SMILES string of the molecule is O=C(NCc1ccc(F)c(F)c1S(=O)(=O)Nc1ncc(Cl)s1)c1ccccc1. The fourth-order valence-electron chi connectivity index (χ4n) is 2.34. The van der Waals surface area contributed by atoms with Gasteiger partial charge in [0.05, 0.1) is 6.20 Å². The van der Waals surface area contributed by atoms with E-state index in [4.69, 9.17) is 11.6 Å². The van der Waals surface area contributed by atoms with Crippen molar-refractivity contribution in [2.75, 3.05) is 4.72 Å². The molecule has 0 saturated heterocycles. The summed E-state index contributed by atoms with van der Waals surface area (Å²) >= 11 is 6.52. The number of amides is 1. The smallest absolute Gasteiger partial charge is 0.267 e. The minimum absolute atomic E-state index is 0.104. The first-order valence-corrected chi connectivity index (χ1v) is 10.4. The Hall–Kier alpha value is -2.56. The highest BCUT2D eigenvalue weighted by atomic mass is 35.5. The summed E-state index contributed by atoms with van der Waals surface area (Å²) in [7, 11) is -4.52. The van der Waals surface area contributed by atoms with Crippen LogP contribution in [0.1, 0.15) is 15.9 Å². The van der Waals surface area contributed by atoms with E-state index >= 15 is 0 Å². The Labute approximate surface area is 168 Å². The van der Waals surface area contributed by atoms with Gasteiger partial charge in [-0.3, -0.25) is 9.52 Å². The van der Waals surface area contributed by atoms with E-state index < -0.39 is 32.5 Å². The van der Waals surface area contributed by atoms with E-state index in [1.165, 1.54) is 6.20 Å². The van der Waals surface area contributed by atoms with Crippen LogP contribution in [-0.2, 0) is 16.6 Å². The van der Waals surface area contributed by atoms with E-state index in [0.29, 0.717) is 5.56 Å². The van der Waals surface area contributed by atoms with E-state index in [9.17, 15) is 22.0 Å². The van der Waals surface area contributed by atoms with Crippen molar-refractivity contribution in [1.29, 1.82) is 0 Å². The van der Waals surface area contributed by atoms with Gasteiger partial charge in [0.25, 0.3) is 15.9 Å². The molecule has 0 fully saturated rings. The molecule has 2 N–H and O–H groups in total. The van der Waals surface area contributed by atoms with Crippen molar-refractivity contribution >= 4 is 44.0 Å². The summed E-state index contributed by atoms with van der Waals surface area (Å²) in [5.41, 5.74) is 0.211. The lowest BCUT2D eigenvalue weighted by Crippen LogP contribution is -2.25. The van der Waals surface area contributed by atoms with Crippen LogP contribution >= 0.6 is 22.9 Å². The number of nitrogens with zero attached hydrogens (tertiary/aromatic N) is 1. The fraction of sp³-hybridized carbons (Fsp3) is 0.0588. The second kappa shape index (κ2) is 8.21. The molecule has 0 aliphatic rings. The van der Waals surface area contributed by atoms with E-state index in [2.05, 4.69) is 15.0 Å². The molecule has 0 aliphatic carbocycles. The van der Waals surface area contributed by atoms with E-state index in [1.54, 1.807) is 30.3 Å². The maximum absolute atomic E-state index is 14.4. The highest BCUT2D eigenvalue weighted by molar-refractivity contribution is 7.93. The Morgan fingerprint density at radius 2 is 1.86 bits per heavy atom. The summed E-state index contributed by atoms with van der Waals surface area (Å²) in [6, 6.07) is 10.0. The van der Waals surface area contributed by atoms with Crippen molar-refractivity contribution < 1.29 is 22.0 Å². The number of hydrogen-bond acceptors (Lipinski definition) is 5. The maximum atomic E-state index is 14.4. The molecule has 0 atom stereocenters. The second-order valence-corrected chi connectivity index (χ2v) is 8.75. The molecule has 28 heavy (non-hydrogen) atoms. The third kappa shape index (κ3) is 4.46. The van der Waals surface area contributed by atoms with Crippen LogP contribution in [0.4, 0.5) is 13.9 Å². The number of carbonyl (C=O) groups is 1. The molecule has 3 aromatic rings. The Morgan fingerprint density at radius 1 is 1.14 bits per heavy atom. The Bertz CT molecular complexity index is 1120. The minimum atomic E-state index is -4.52. The number of anilines is 1. The average molecular weight is 444 g/mol. The van der Waals surface area contributed by atoms with E-state index in [1.807, 2.05) is 0 Å². The fourth-order valence-corrected chi connectivity index (χ4v) is 4.70. The second-order valence-electron chi connectivity index (χ2n) is 5.47. The zero-order valence-electron chi connectivity index (χ0n) is 13.9. The van der Waals surface area contributed by atoms with Gasteiger partial charge in [0.1, 0.15) is 9.23 Å². The number of thiazole rings is 1. The van der Waals surface area contributed by atoms with E-state index in [-0.39, 0.29) is 21.6 Å². The van der Waals surface area contributed by atoms with Crippen LogP contribution < -0.4 is 10.0 Å². The van der Waals surface area contributed by atoms with Gasteiger partial charge in [-0.25, -0.2) is 22.2 Å². The lowest BCUT2D eigenvalue weighted by Gasteiger charge is -2.13. The molecule has 6 nitrogen and oxygen atoms in total. The van der Waals surface area contributed by atoms with Gasteiger partial charge in [0, 0.05) is 12.1 Å². The van der Waals surface area contributed by atoms with Gasteiger partial charge in [-0.15, -0.1) is 0 Å². The number of rotatable bonds is 6. The molecule has 2 aromatic carbocycles. The molecule has 0 aliphatic heterocycles. The predicted molar refractivity (Wildman–Crippen MR) is 102 cm³/mol. The molecule has 0 spiro atoms. The predicted octanol–water partition coefficient (Wildman–Crippen LogP) is 3.81. The summed E-state index contributed by atoms with van der Waals surface area (Å²) in [5.74, 6) is -3.38. The van der Waals surface area contributed by atoms with Crippen LogP contribution in [0.5, 0.6) is 0 Å². The minimum Gasteiger partial charge on any atom is -0.348 e. The van der Waals surface area contributed by atoms with Crippen LogP contribution in [0.2, 0.25) is 4.34 Å². The lowest BCUT2D eigenvalue weighted by molar-refractivity contribution is 0.0950. The van der Waals surface area contributed by atoms with Gasteiger partial charge in [-0.05, 0) is 23.8 Å². The van der Waals surface area contributed by atoms with Crippen molar-refractivity contribution in [3.8, 4) is 0 Å². The topological polar surface area (TPSA) is 88.2 Å². The number of nitrogens with one attached hydrogen (secondary N) is 2. The highest BCUT2D eigenvalue weighted by Crippen LogP contribution is 2.28. The van der Waals surface area contributed by atoms with Gasteiger partial charge >= 0.3 is 0 Å². The quantitative estimate of drug-likeness (QED) is 0.606. The third-order valence-corrected chi connectivity index (χ3v) is 6.18. The number of benzene rings is 2. The standard InChI is InChI=1S/C17H12ClF2N3O3S2/c18-13-9-22-17(27-13)23-28(25,26)15-11(6-7-12(19)14(15)20)8-21-16(24)10-4-2-1-3-5-10/h1-7,9H,8H2,(H,21,24)(H,22,23). The molecule has 1 aromatic heterocycles. The molecule has 0 radical (unpaired) electrons. The Kier molecular flexibility index (Phi) is 5.92. The van der Waals surface area contributed by atoms with Crippen molar-refractivity contribution in [1.82, 2.24) is 10.3 Å². The van der Waals surface area contributed by atoms with Gasteiger partial charge in [-0.1, -0.05) is 47.2 Å². The normalized spacial score (nSPS) is 11.2. The molecule has 0 unspecified atom stereocenters. The average Bonchev–Trinajstić information content (AvgIpc) is 3.06. The molecule has 11 heteroatoms. The largest absolute Gasteiger partial charge is 0.348 e. The maximum Gasteiger partial charge on any atom is 0.267 e. The van der Waals surface area contributed by atoms with Crippen LogP contribution in [0.25, 0.3) is 0 Å². The number of halogens is 3. The van der Waals surface area contributed by atoms with Crippen LogP contribution in [-0.4, -0.2) is 19.3 Å². The summed E-state index contributed by atoms with van der Waals surface area (Å²) in [5, 5.41) is 2.38. The lowest BCUT2D eigenvalue weighted by atomic mass is 10.2. The first-order valence-electron chi connectivity index (χ1n) is 7.72. The summed E-state index contributed by atoms with van der Waals surface area (Å²) in [4.78, 5) is 15.0. The van der Waals surface area contributed by atoms with E-state index in [0.717, 1.165) is 23.5 Å². The molecular formula is C17H12ClF2N3O3S2. The van der Waals surface area contributed by atoms with Gasteiger partial charge in [0.15, 0.2) is 16.8 Å². The third-order valence-electron chi connectivity index (χ3n) is 3.57. The first-order chi connectivity index (χ1) is 13.3. The van der Waals surface area contributed by atoms with Crippen LogP contribution in [0.3, 0.4) is 0 Å². The number of sulfonamides is 1. The molecule has 1 heterocycles. The van der Waals surface area contributed by atoms with Crippen molar-refractivity contribution in [3.63, 3.8) is 0 Å².